The summed E-state index contributed by atoms with van der Waals surface area (Å²) in [5.41, 5.74) is 8.43. The van der Waals surface area contributed by atoms with Gasteiger partial charge in [-0.05, 0) is 145 Å². The van der Waals surface area contributed by atoms with Gasteiger partial charge in [0.2, 0.25) is 10.0 Å². The first-order valence-electron chi connectivity index (χ1n) is 15.6. The van der Waals surface area contributed by atoms with E-state index in [-0.39, 0.29) is 15.8 Å². The Hall–Kier alpha value is -2.59. The number of rotatable bonds is 10. The van der Waals surface area contributed by atoms with E-state index in [1.54, 1.807) is 12.1 Å². The molecule has 0 heterocycles. The van der Waals surface area contributed by atoms with Crippen LogP contribution in [-0.2, 0) is 20.0 Å². The molecule has 11 heteroatoms. The summed E-state index contributed by atoms with van der Waals surface area (Å²) < 4.78 is 62.5. The molecule has 1 N–H and O–H groups in total. The molecule has 43 heavy (non-hydrogen) atoms. The van der Waals surface area contributed by atoms with Crippen LogP contribution in [0.25, 0.3) is 10.4 Å². The van der Waals surface area contributed by atoms with E-state index in [4.69, 9.17) is 10.3 Å². The van der Waals surface area contributed by atoms with Crippen molar-refractivity contribution in [2.24, 2.45) is 63.7 Å². The minimum absolute atomic E-state index is 0.0363. The second kappa shape index (κ2) is 11.4. The predicted octanol–water partition coefficient (Wildman–Crippen LogP) is 7.37. The Labute approximate surface area is 255 Å². The quantitative estimate of drug-likeness (QED) is 0.167. The Bertz CT molecular complexity index is 1600. The van der Waals surface area contributed by atoms with Crippen LogP contribution in [-0.4, -0.2) is 22.9 Å². The molecule has 0 aliphatic heterocycles. The summed E-state index contributed by atoms with van der Waals surface area (Å²) in [6.45, 7) is 9.51. The van der Waals surface area contributed by atoms with Gasteiger partial charge in [0.15, 0.2) is 0 Å². The van der Waals surface area contributed by atoms with Crippen molar-refractivity contribution in [1.82, 2.24) is 4.72 Å². The molecule has 4 saturated carbocycles. The molecular weight excluding hydrogens is 585 g/mol. The average molecular weight is 627 g/mol. The fraction of sp³-hybridized carbons (Fsp3) is 0.625. The normalized spacial score (nSPS) is 33.3. The van der Waals surface area contributed by atoms with Crippen LogP contribution in [0.15, 0.2) is 62.8 Å². The maximum Gasteiger partial charge on any atom is 0.264 e. The van der Waals surface area contributed by atoms with E-state index in [1.165, 1.54) is 55.7 Å². The van der Waals surface area contributed by atoms with E-state index in [1.807, 2.05) is 0 Å². The van der Waals surface area contributed by atoms with Crippen molar-refractivity contribution in [2.75, 3.05) is 0 Å². The number of benzene rings is 2. The van der Waals surface area contributed by atoms with Crippen LogP contribution in [0.4, 0.5) is 0 Å². The zero-order valence-electron chi connectivity index (χ0n) is 25.2. The molecule has 0 aromatic heterocycles. The zero-order valence-corrected chi connectivity index (χ0v) is 26.8. The van der Waals surface area contributed by atoms with Crippen LogP contribution in [0, 0.1) is 59.2 Å². The maximum atomic E-state index is 13.5. The topological polar surface area (TPSA) is 138 Å². The molecule has 9 nitrogen and oxygen atoms in total. The van der Waals surface area contributed by atoms with E-state index < -0.39 is 20.0 Å². The van der Waals surface area contributed by atoms with Crippen LogP contribution < -0.4 is 9.46 Å². The third-order valence-corrected chi connectivity index (χ3v) is 13.8. The van der Waals surface area contributed by atoms with Gasteiger partial charge >= 0.3 is 0 Å². The standard InChI is InChI=1S/C32H42N4O5S2/c1-18(2)29-20-5-6-21(15-20)31(29)32-22-16-27(30(32)19(3)4)28(17-22)34-42(37,38)25-11-7-23(8-12-25)41-24-9-13-26(14-10-24)43(39,40)36-35-33/h7-14,18-22,27-32,34H,5-6,15-17H2,1-4H3. The lowest BCUT2D eigenvalue weighted by atomic mass is 9.59. The summed E-state index contributed by atoms with van der Waals surface area (Å²) in [5, 5.41) is 0. The number of fused-ring (bicyclic) bond motifs is 4. The van der Waals surface area contributed by atoms with Gasteiger partial charge in [-0.1, -0.05) is 27.7 Å². The highest BCUT2D eigenvalue weighted by Crippen LogP contribution is 2.66. The van der Waals surface area contributed by atoms with Crippen molar-refractivity contribution in [2.45, 2.75) is 75.6 Å². The minimum atomic E-state index is -4.08. The molecule has 2 aromatic carbocycles. The molecule has 2 aromatic rings. The summed E-state index contributed by atoms with van der Waals surface area (Å²) in [7, 11) is -7.79. The lowest BCUT2D eigenvalue weighted by Gasteiger charge is -2.47. The number of hydrogen-bond donors (Lipinski definition) is 1. The number of azide groups is 1. The molecule has 0 radical (unpaired) electrons. The van der Waals surface area contributed by atoms with Gasteiger partial charge in [-0.25, -0.2) is 21.6 Å². The van der Waals surface area contributed by atoms with Gasteiger partial charge in [-0.2, -0.15) is 0 Å². The summed E-state index contributed by atoms with van der Waals surface area (Å²) in [6.07, 6.45) is 6.27. The summed E-state index contributed by atoms with van der Waals surface area (Å²) in [5.74, 6) is 7.66. The molecule has 4 fully saturated rings. The molecular formula is C32H42N4O5S2. The predicted molar refractivity (Wildman–Crippen MR) is 164 cm³/mol. The summed E-state index contributed by atoms with van der Waals surface area (Å²) in [6, 6.07) is 11.7. The van der Waals surface area contributed by atoms with E-state index in [2.05, 4.69) is 41.8 Å². The first-order chi connectivity index (χ1) is 20.4. The number of hydrogen-bond acceptors (Lipinski definition) is 5. The molecule has 4 aliphatic carbocycles. The summed E-state index contributed by atoms with van der Waals surface area (Å²) in [4.78, 5) is 2.39. The highest BCUT2D eigenvalue weighted by molar-refractivity contribution is 7.90. The van der Waals surface area contributed by atoms with Gasteiger partial charge in [0.25, 0.3) is 10.0 Å². The SMILES string of the molecule is CC(C)C1C2CCC(C2)C1C1C2CC(NS(=O)(=O)c3ccc(Oc4ccc(S(=O)(=O)N=[N+]=[N-])cc4)cc3)C(C2)C1C(C)C. The van der Waals surface area contributed by atoms with Crippen molar-refractivity contribution >= 4 is 20.0 Å². The van der Waals surface area contributed by atoms with Gasteiger partial charge in [-0.15, -0.1) is 0 Å². The lowest BCUT2D eigenvalue weighted by molar-refractivity contribution is 0.0191. The number of nitrogens with one attached hydrogen (secondary N) is 1. The second-order valence-corrected chi connectivity index (χ2v) is 17.2. The van der Waals surface area contributed by atoms with Crippen LogP contribution in [0.3, 0.4) is 0 Å². The maximum absolute atomic E-state index is 13.5. The van der Waals surface area contributed by atoms with Gasteiger partial charge in [0.1, 0.15) is 11.5 Å². The highest BCUT2D eigenvalue weighted by atomic mass is 32.2. The first kappa shape index (κ1) is 30.4. The second-order valence-electron chi connectivity index (χ2n) is 13.9. The molecule has 0 saturated heterocycles. The Balaban J connectivity index is 1.13. The van der Waals surface area contributed by atoms with E-state index in [0.717, 1.165) is 42.4 Å². The smallest absolute Gasteiger partial charge is 0.264 e. The van der Waals surface area contributed by atoms with Gasteiger partial charge in [-0.3, -0.25) is 0 Å². The molecule has 0 amide bonds. The van der Waals surface area contributed by atoms with E-state index in [0.29, 0.717) is 41.1 Å². The third kappa shape index (κ3) is 5.58. The molecule has 9 unspecified atom stereocenters. The zero-order chi connectivity index (χ0) is 30.7. The average Bonchev–Trinajstić information content (AvgIpc) is 3.73. The monoisotopic (exact) mass is 626 g/mol. The molecule has 6 rings (SSSR count). The highest BCUT2D eigenvalue weighted by Gasteiger charge is 2.61. The van der Waals surface area contributed by atoms with Crippen molar-refractivity contribution in [3.05, 3.63) is 59.0 Å². The van der Waals surface area contributed by atoms with Crippen LogP contribution in [0.2, 0.25) is 0 Å². The Morgan fingerprint density at radius 2 is 1.33 bits per heavy atom. The minimum Gasteiger partial charge on any atom is -0.457 e. The van der Waals surface area contributed by atoms with Gasteiger partial charge in [0, 0.05) is 15.5 Å². The van der Waals surface area contributed by atoms with Crippen LogP contribution >= 0.6 is 0 Å². The van der Waals surface area contributed by atoms with E-state index >= 15 is 0 Å². The number of sulfonamides is 2. The van der Waals surface area contributed by atoms with E-state index in [9.17, 15) is 16.8 Å². The van der Waals surface area contributed by atoms with Gasteiger partial charge < -0.3 is 4.74 Å². The lowest BCUT2D eigenvalue weighted by Crippen LogP contribution is -2.48. The summed E-state index contributed by atoms with van der Waals surface area (Å²) >= 11 is 0. The number of nitrogens with zero attached hydrogens (tertiary/aromatic N) is 3. The molecule has 9 atom stereocenters. The fourth-order valence-electron chi connectivity index (χ4n) is 9.90. The van der Waals surface area contributed by atoms with Crippen molar-refractivity contribution in [3.63, 3.8) is 0 Å². The van der Waals surface area contributed by atoms with Crippen molar-refractivity contribution in [1.29, 1.82) is 0 Å². The number of ether oxygens (including phenoxy) is 1. The molecule has 4 aliphatic rings. The molecule has 232 valence electrons. The Morgan fingerprint density at radius 3 is 1.91 bits per heavy atom. The first-order valence-corrected chi connectivity index (χ1v) is 18.5. The van der Waals surface area contributed by atoms with Gasteiger partial charge in [0.05, 0.1) is 9.79 Å². The third-order valence-electron chi connectivity index (χ3n) is 11.1. The Morgan fingerprint density at radius 1 is 0.767 bits per heavy atom. The largest absolute Gasteiger partial charge is 0.457 e. The van der Waals surface area contributed by atoms with Crippen molar-refractivity contribution in [3.8, 4) is 11.5 Å². The fourth-order valence-corrected chi connectivity index (χ4v) is 11.9. The Kier molecular flexibility index (Phi) is 8.07. The molecule has 0 spiro atoms. The molecule has 4 bridgehead atoms. The van der Waals surface area contributed by atoms with Crippen LogP contribution in [0.1, 0.15) is 59.8 Å². The van der Waals surface area contributed by atoms with Crippen LogP contribution in [0.5, 0.6) is 11.5 Å². The van der Waals surface area contributed by atoms with Crippen molar-refractivity contribution < 1.29 is 21.6 Å².